The molecule has 0 aliphatic rings. The number of hydrogen-bond acceptors (Lipinski definition) is 5. The van der Waals surface area contributed by atoms with Crippen molar-refractivity contribution in [2.24, 2.45) is 5.92 Å². The molecule has 2 N–H and O–H groups in total. The largest absolute Gasteiger partial charge is 0.493 e. The molecule has 0 radical (unpaired) electrons. The van der Waals surface area contributed by atoms with Gasteiger partial charge in [-0.15, -0.1) is 0 Å². The Labute approximate surface area is 188 Å². The van der Waals surface area contributed by atoms with E-state index in [2.05, 4.69) is 10.0 Å². The lowest BCUT2D eigenvalue weighted by Gasteiger charge is -2.14. The summed E-state index contributed by atoms with van der Waals surface area (Å²) < 4.78 is 36.2. The number of carbonyl (C=O) groups is 1. The van der Waals surface area contributed by atoms with Gasteiger partial charge in [0.05, 0.1) is 25.0 Å². The lowest BCUT2D eigenvalue weighted by molar-refractivity contribution is -0.116. The van der Waals surface area contributed by atoms with Crippen LogP contribution in [0.25, 0.3) is 6.08 Å². The summed E-state index contributed by atoms with van der Waals surface area (Å²) in [5.41, 5.74) is 1.88. The Morgan fingerprint density at radius 3 is 2.61 bits per heavy atom. The number of sulfonamides is 1. The average molecular weight is 467 g/mol. The number of hydrogen-bond donors (Lipinski definition) is 2. The molecule has 31 heavy (non-hydrogen) atoms. The quantitative estimate of drug-likeness (QED) is 0.514. The Morgan fingerprint density at radius 2 is 1.97 bits per heavy atom. The zero-order valence-corrected chi connectivity index (χ0v) is 19.5. The molecular weight excluding hydrogens is 440 g/mol. The standard InChI is InChI=1S/C22H27ClN2O5S/c1-15(2)14-30-22-19(23)11-16(12-20(22)29-3)8-9-21(26)24-13-17-6-5-7-18(10-17)25-31(4,27)28/h5-12,15,25H,13-14H2,1-4H3,(H,24,26)/b9-8+. The van der Waals surface area contributed by atoms with Crippen molar-refractivity contribution >= 4 is 39.3 Å². The van der Waals surface area contributed by atoms with Crippen LogP contribution < -0.4 is 19.5 Å². The van der Waals surface area contributed by atoms with Gasteiger partial charge in [0.1, 0.15) is 0 Å². The van der Waals surface area contributed by atoms with Crippen LogP contribution in [0.5, 0.6) is 11.5 Å². The van der Waals surface area contributed by atoms with E-state index in [-0.39, 0.29) is 12.5 Å². The first-order valence-corrected chi connectivity index (χ1v) is 11.9. The maximum Gasteiger partial charge on any atom is 0.244 e. The highest BCUT2D eigenvalue weighted by atomic mass is 35.5. The van der Waals surface area contributed by atoms with E-state index >= 15 is 0 Å². The third-order valence-corrected chi connectivity index (χ3v) is 4.82. The Kier molecular flexibility index (Phi) is 8.76. The Bertz CT molecular complexity index is 1050. The number of nitrogens with one attached hydrogen (secondary N) is 2. The van der Waals surface area contributed by atoms with Crippen LogP contribution in [0.1, 0.15) is 25.0 Å². The van der Waals surface area contributed by atoms with Crippen molar-refractivity contribution in [3.05, 3.63) is 58.6 Å². The van der Waals surface area contributed by atoms with E-state index in [1.165, 1.54) is 13.2 Å². The molecular formula is C22H27ClN2O5S. The fourth-order valence-corrected chi connectivity index (χ4v) is 3.43. The van der Waals surface area contributed by atoms with Gasteiger partial charge >= 0.3 is 0 Å². The second-order valence-corrected chi connectivity index (χ2v) is 9.52. The van der Waals surface area contributed by atoms with Gasteiger partial charge in [-0.1, -0.05) is 37.6 Å². The molecule has 168 valence electrons. The van der Waals surface area contributed by atoms with Crippen LogP contribution in [-0.4, -0.2) is 34.3 Å². The van der Waals surface area contributed by atoms with Gasteiger partial charge in [0.25, 0.3) is 0 Å². The summed E-state index contributed by atoms with van der Waals surface area (Å²) >= 11 is 6.33. The van der Waals surface area contributed by atoms with E-state index in [4.69, 9.17) is 21.1 Å². The SMILES string of the molecule is COc1cc(/C=C/C(=O)NCc2cccc(NS(C)(=O)=O)c2)cc(Cl)c1OCC(C)C. The lowest BCUT2D eigenvalue weighted by atomic mass is 10.1. The van der Waals surface area contributed by atoms with E-state index in [1.807, 2.05) is 13.8 Å². The van der Waals surface area contributed by atoms with E-state index in [9.17, 15) is 13.2 Å². The van der Waals surface area contributed by atoms with Gasteiger partial charge in [-0.3, -0.25) is 9.52 Å². The van der Waals surface area contributed by atoms with Crippen LogP contribution >= 0.6 is 11.6 Å². The highest BCUT2D eigenvalue weighted by Gasteiger charge is 2.12. The average Bonchev–Trinajstić information content (AvgIpc) is 2.68. The highest BCUT2D eigenvalue weighted by molar-refractivity contribution is 7.92. The zero-order chi connectivity index (χ0) is 23.0. The smallest absolute Gasteiger partial charge is 0.244 e. The molecule has 2 rings (SSSR count). The third kappa shape index (κ3) is 8.51. The molecule has 0 saturated heterocycles. The molecule has 9 heteroatoms. The number of benzene rings is 2. The van der Waals surface area contributed by atoms with Gasteiger partial charge in [0.15, 0.2) is 11.5 Å². The van der Waals surface area contributed by atoms with E-state index in [0.717, 1.165) is 11.8 Å². The number of anilines is 1. The van der Waals surface area contributed by atoms with Crippen LogP contribution in [0.4, 0.5) is 5.69 Å². The Morgan fingerprint density at radius 1 is 1.23 bits per heavy atom. The molecule has 0 bridgehead atoms. The van der Waals surface area contributed by atoms with Gasteiger partial charge in [0.2, 0.25) is 15.9 Å². The summed E-state index contributed by atoms with van der Waals surface area (Å²) in [5, 5.41) is 3.15. The van der Waals surface area contributed by atoms with Crippen molar-refractivity contribution in [2.75, 3.05) is 24.7 Å². The highest BCUT2D eigenvalue weighted by Crippen LogP contribution is 2.37. The molecule has 0 saturated carbocycles. The molecule has 0 aliphatic carbocycles. The van der Waals surface area contributed by atoms with Crippen molar-refractivity contribution in [3.63, 3.8) is 0 Å². The fourth-order valence-electron chi connectivity index (χ4n) is 2.60. The molecule has 2 aromatic carbocycles. The first-order chi connectivity index (χ1) is 14.6. The van der Waals surface area contributed by atoms with Gasteiger partial charge < -0.3 is 14.8 Å². The Hall–Kier alpha value is -2.71. The van der Waals surface area contributed by atoms with Crippen LogP contribution in [0.15, 0.2) is 42.5 Å². The van der Waals surface area contributed by atoms with E-state index < -0.39 is 10.0 Å². The van der Waals surface area contributed by atoms with Crippen LogP contribution in [0, 0.1) is 5.92 Å². The number of ether oxygens (including phenoxy) is 2. The maximum absolute atomic E-state index is 12.2. The number of rotatable bonds is 10. The van der Waals surface area contributed by atoms with Crippen LogP contribution in [0.2, 0.25) is 5.02 Å². The molecule has 0 fully saturated rings. The monoisotopic (exact) mass is 466 g/mol. The first kappa shape index (κ1) is 24.6. The van der Waals surface area contributed by atoms with Crippen molar-refractivity contribution in [3.8, 4) is 11.5 Å². The van der Waals surface area contributed by atoms with Gasteiger partial charge in [-0.25, -0.2) is 8.42 Å². The fraction of sp³-hybridized carbons (Fsp3) is 0.318. The number of halogens is 1. The van der Waals surface area contributed by atoms with E-state index in [1.54, 1.807) is 42.5 Å². The second kappa shape index (κ2) is 11.1. The maximum atomic E-state index is 12.2. The van der Waals surface area contributed by atoms with Gasteiger partial charge in [-0.05, 0) is 47.4 Å². The topological polar surface area (TPSA) is 93.7 Å². The van der Waals surface area contributed by atoms with Crippen LogP contribution in [-0.2, 0) is 21.4 Å². The van der Waals surface area contributed by atoms with Crippen molar-refractivity contribution in [1.29, 1.82) is 0 Å². The second-order valence-electron chi connectivity index (χ2n) is 7.36. The number of amides is 1. The minimum absolute atomic E-state index is 0.245. The summed E-state index contributed by atoms with van der Waals surface area (Å²) in [5.74, 6) is 0.994. The van der Waals surface area contributed by atoms with Crippen LogP contribution in [0.3, 0.4) is 0 Å². The summed E-state index contributed by atoms with van der Waals surface area (Å²) in [4.78, 5) is 12.2. The third-order valence-electron chi connectivity index (χ3n) is 3.94. The van der Waals surface area contributed by atoms with Gasteiger partial charge in [-0.2, -0.15) is 0 Å². The molecule has 7 nitrogen and oxygen atoms in total. The molecule has 0 heterocycles. The first-order valence-electron chi connectivity index (χ1n) is 9.60. The summed E-state index contributed by atoms with van der Waals surface area (Å²) in [6.07, 6.45) is 4.09. The van der Waals surface area contributed by atoms with Crippen molar-refractivity contribution in [2.45, 2.75) is 20.4 Å². The number of carbonyl (C=O) groups excluding carboxylic acids is 1. The molecule has 0 unspecified atom stereocenters. The minimum atomic E-state index is -3.36. The molecule has 1 amide bonds. The van der Waals surface area contributed by atoms with E-state index in [0.29, 0.717) is 40.3 Å². The molecule has 0 spiro atoms. The van der Waals surface area contributed by atoms with Gasteiger partial charge in [0, 0.05) is 18.3 Å². The lowest BCUT2D eigenvalue weighted by Crippen LogP contribution is -2.20. The molecule has 0 aromatic heterocycles. The van der Waals surface area contributed by atoms with Crippen molar-refractivity contribution < 1.29 is 22.7 Å². The zero-order valence-electron chi connectivity index (χ0n) is 17.9. The molecule has 0 atom stereocenters. The Balaban J connectivity index is 2.02. The summed E-state index contributed by atoms with van der Waals surface area (Å²) in [6, 6.07) is 10.2. The minimum Gasteiger partial charge on any atom is -0.493 e. The summed E-state index contributed by atoms with van der Waals surface area (Å²) in [7, 11) is -1.83. The molecule has 2 aromatic rings. The summed E-state index contributed by atoms with van der Waals surface area (Å²) in [6.45, 7) is 4.83. The predicted octanol–water partition coefficient (Wildman–Crippen LogP) is 4.08. The normalized spacial score (nSPS) is 11.5. The predicted molar refractivity (Wildman–Crippen MR) is 124 cm³/mol. The number of methoxy groups -OCH3 is 1. The van der Waals surface area contributed by atoms with Crippen molar-refractivity contribution in [1.82, 2.24) is 5.32 Å². The molecule has 0 aliphatic heterocycles.